The Morgan fingerprint density at radius 1 is 0.810 bits per heavy atom. The first-order valence-corrected chi connectivity index (χ1v) is 14.6. The van der Waals surface area contributed by atoms with E-state index in [0.29, 0.717) is 17.9 Å². The van der Waals surface area contributed by atoms with Gasteiger partial charge in [-0.1, -0.05) is 6.07 Å². The number of methoxy groups -OCH3 is 4. The third-order valence-corrected chi connectivity index (χ3v) is 8.04. The molecular weight excluding hydrogens is 600 g/mol. The number of hydrogen-bond donors (Lipinski definition) is 1. The fraction of sp³-hybridized carbons (Fsp3) is 0.200. The Kier molecular flexibility index (Phi) is 9.39. The van der Waals surface area contributed by atoms with Crippen molar-refractivity contribution in [1.82, 2.24) is 0 Å². The van der Waals surface area contributed by atoms with Crippen LogP contribution < -0.4 is 18.9 Å². The smallest absolute Gasteiger partial charge is 0.305 e. The van der Waals surface area contributed by atoms with Crippen LogP contribution in [0.3, 0.4) is 0 Å². The third kappa shape index (κ3) is 6.76. The number of nitro groups is 2. The molecule has 0 saturated carbocycles. The van der Waals surface area contributed by atoms with E-state index in [2.05, 4.69) is 0 Å². The van der Waals surface area contributed by atoms with Crippen molar-refractivity contribution in [2.75, 3.05) is 28.4 Å². The molecule has 17 heteroatoms. The van der Waals surface area contributed by atoms with Crippen molar-refractivity contribution in [3.05, 3.63) is 79.2 Å². The Morgan fingerprint density at radius 3 is 1.88 bits per heavy atom. The molecule has 0 fully saturated rings. The van der Waals surface area contributed by atoms with E-state index >= 15 is 0 Å². The summed E-state index contributed by atoms with van der Waals surface area (Å²) in [6, 6.07) is 7.85. The highest BCUT2D eigenvalue weighted by molar-refractivity contribution is 7.93. The Labute approximate surface area is 239 Å². The number of rotatable bonds is 12. The van der Waals surface area contributed by atoms with E-state index in [0.717, 1.165) is 18.6 Å². The van der Waals surface area contributed by atoms with Gasteiger partial charge in [-0.05, 0) is 29.8 Å². The van der Waals surface area contributed by atoms with Crippen molar-refractivity contribution in [3.63, 3.8) is 0 Å². The van der Waals surface area contributed by atoms with Gasteiger partial charge in [0.1, 0.15) is 28.6 Å². The molecule has 3 rings (SSSR count). The summed E-state index contributed by atoms with van der Waals surface area (Å²) in [7, 11) is -3.95. The maximum Gasteiger partial charge on any atom is 0.305 e. The molecule has 0 atom stereocenters. The molecule has 224 valence electrons. The lowest BCUT2D eigenvalue weighted by atomic mass is 9.98. The van der Waals surface area contributed by atoms with Gasteiger partial charge in [0.05, 0.1) is 49.6 Å². The summed E-state index contributed by atoms with van der Waals surface area (Å²) in [5, 5.41) is 24.6. The molecule has 15 nitrogen and oxygen atoms in total. The van der Waals surface area contributed by atoms with Crippen LogP contribution >= 0.6 is 0 Å². The van der Waals surface area contributed by atoms with Crippen LogP contribution in [0.4, 0.5) is 11.4 Å². The van der Waals surface area contributed by atoms with Crippen molar-refractivity contribution in [1.29, 1.82) is 0 Å². The van der Waals surface area contributed by atoms with Crippen molar-refractivity contribution in [3.8, 4) is 34.1 Å². The second-order valence-corrected chi connectivity index (χ2v) is 11.7. The lowest BCUT2D eigenvalue weighted by molar-refractivity contribution is -0.394. The average molecular weight is 625 g/mol. The van der Waals surface area contributed by atoms with Gasteiger partial charge in [0.2, 0.25) is 0 Å². The summed E-state index contributed by atoms with van der Waals surface area (Å²) >= 11 is 0. The second kappa shape index (κ2) is 12.4. The Morgan fingerprint density at radius 2 is 1.40 bits per heavy atom. The Hall–Kier alpha value is -4.74. The highest BCUT2D eigenvalue weighted by atomic mass is 32.2. The summed E-state index contributed by atoms with van der Waals surface area (Å²) in [5.74, 6) is 0.0557. The fourth-order valence-corrected chi connectivity index (χ4v) is 5.80. The second-order valence-electron chi connectivity index (χ2n) is 8.39. The molecule has 0 unspecified atom stereocenters. The zero-order valence-electron chi connectivity index (χ0n) is 22.5. The van der Waals surface area contributed by atoms with Crippen molar-refractivity contribution >= 4 is 37.4 Å². The normalized spacial score (nSPS) is 11.7. The zero-order valence-corrected chi connectivity index (χ0v) is 24.1. The van der Waals surface area contributed by atoms with Crippen LogP contribution in [-0.4, -0.2) is 59.7 Å². The van der Waals surface area contributed by atoms with Crippen molar-refractivity contribution < 1.29 is 50.2 Å². The largest absolute Gasteiger partial charge is 0.496 e. The number of sulfone groups is 1. The van der Waals surface area contributed by atoms with Crippen LogP contribution in [0.25, 0.3) is 17.2 Å². The maximum absolute atomic E-state index is 13.1. The summed E-state index contributed by atoms with van der Waals surface area (Å²) < 4.78 is 80.5. The van der Waals surface area contributed by atoms with Gasteiger partial charge in [-0.2, -0.15) is 8.42 Å². The lowest BCUT2D eigenvalue weighted by Gasteiger charge is -2.13. The molecule has 3 aromatic carbocycles. The summed E-state index contributed by atoms with van der Waals surface area (Å²) in [6.45, 7) is 0. The minimum atomic E-state index is -5.20. The number of benzene rings is 3. The van der Waals surface area contributed by atoms with Gasteiger partial charge >= 0.3 is 15.8 Å². The van der Waals surface area contributed by atoms with Crippen molar-refractivity contribution in [2.24, 2.45) is 0 Å². The third-order valence-electron chi connectivity index (χ3n) is 5.87. The minimum absolute atomic E-state index is 0.0185. The molecule has 3 aromatic rings. The molecule has 0 aliphatic rings. The summed E-state index contributed by atoms with van der Waals surface area (Å²) in [6.07, 6.45) is 1.24. The predicted molar refractivity (Wildman–Crippen MR) is 149 cm³/mol. The van der Waals surface area contributed by atoms with Gasteiger partial charge in [0, 0.05) is 29.2 Å². The lowest BCUT2D eigenvalue weighted by Crippen LogP contribution is -2.08. The first-order chi connectivity index (χ1) is 19.7. The highest BCUT2D eigenvalue weighted by Crippen LogP contribution is 2.46. The van der Waals surface area contributed by atoms with Gasteiger partial charge < -0.3 is 18.9 Å². The first-order valence-electron chi connectivity index (χ1n) is 11.5. The van der Waals surface area contributed by atoms with Crippen LogP contribution in [0.15, 0.2) is 52.8 Å². The van der Waals surface area contributed by atoms with E-state index in [4.69, 9.17) is 18.9 Å². The van der Waals surface area contributed by atoms with E-state index < -0.39 is 57.4 Å². The Bertz CT molecular complexity index is 1780. The quantitative estimate of drug-likeness (QED) is 0.171. The van der Waals surface area contributed by atoms with Crippen LogP contribution in [0.5, 0.6) is 23.0 Å². The predicted octanol–water partition coefficient (Wildman–Crippen LogP) is 4.04. The SMILES string of the molecule is COc1cc(OC)c(C=CS(=O)(=O)Cc2ccc(OC)c(-c3c([N+](=O)[O-])ccc(S(=O)(=O)O)c3[N+](=O)[O-])c2)c(OC)c1. The van der Waals surface area contributed by atoms with Gasteiger partial charge in [-0.3, -0.25) is 24.8 Å². The molecule has 42 heavy (non-hydrogen) atoms. The van der Waals surface area contributed by atoms with Gasteiger partial charge in [-0.15, -0.1) is 0 Å². The van der Waals surface area contributed by atoms with Gasteiger partial charge in [0.15, 0.2) is 14.7 Å². The van der Waals surface area contributed by atoms with Crippen LogP contribution in [0, 0.1) is 20.2 Å². The molecule has 0 radical (unpaired) electrons. The number of nitrogens with zero attached hydrogens (tertiary/aromatic N) is 2. The highest BCUT2D eigenvalue weighted by Gasteiger charge is 2.36. The van der Waals surface area contributed by atoms with E-state index in [1.807, 2.05) is 0 Å². The molecular formula is C25H24N2O13S2. The fourth-order valence-electron chi connectivity index (χ4n) is 4.06. The molecule has 0 saturated heterocycles. The van der Waals surface area contributed by atoms with E-state index in [9.17, 15) is 41.6 Å². The zero-order chi connectivity index (χ0) is 31.4. The van der Waals surface area contributed by atoms with E-state index in [1.54, 1.807) is 0 Å². The number of ether oxygens (including phenoxy) is 4. The topological polar surface area (TPSA) is 212 Å². The molecule has 0 heterocycles. The van der Waals surface area contributed by atoms with Gasteiger partial charge in [0.25, 0.3) is 5.69 Å². The maximum atomic E-state index is 13.1. The molecule has 0 aromatic heterocycles. The van der Waals surface area contributed by atoms with Gasteiger partial charge in [-0.25, -0.2) is 8.42 Å². The van der Waals surface area contributed by atoms with E-state index in [1.165, 1.54) is 51.7 Å². The molecule has 0 amide bonds. The first kappa shape index (κ1) is 31.8. The molecule has 1 N–H and O–H groups in total. The van der Waals surface area contributed by atoms with Crippen molar-refractivity contribution in [2.45, 2.75) is 10.6 Å². The average Bonchev–Trinajstić information content (AvgIpc) is 2.93. The van der Waals surface area contributed by atoms with Crippen LogP contribution in [-0.2, 0) is 25.7 Å². The Balaban J connectivity index is 2.18. The van der Waals surface area contributed by atoms with Crippen LogP contribution in [0.1, 0.15) is 11.1 Å². The number of hydrogen-bond acceptors (Lipinski definition) is 12. The summed E-state index contributed by atoms with van der Waals surface area (Å²) in [4.78, 5) is 20.4. The van der Waals surface area contributed by atoms with Crippen LogP contribution in [0.2, 0.25) is 0 Å². The number of nitro benzene ring substituents is 2. The minimum Gasteiger partial charge on any atom is -0.496 e. The molecule has 0 aliphatic heterocycles. The van der Waals surface area contributed by atoms with E-state index in [-0.39, 0.29) is 33.9 Å². The summed E-state index contributed by atoms with van der Waals surface area (Å²) in [5.41, 5.74) is -3.02. The molecule has 0 bridgehead atoms. The standard InChI is InChI=1S/C25H24N2O13S2/c1-37-16-12-21(39-3)17(22(13-16)40-4)9-10-41(32,33)14-15-5-7-20(38-2)18(11-15)24-19(26(28)29)6-8-23(42(34,35)36)25(24)27(30)31/h5-13H,14H2,1-4H3,(H,34,35,36). The monoisotopic (exact) mass is 624 g/mol. The molecule has 0 spiro atoms. The molecule has 0 aliphatic carbocycles.